The fourth-order valence-corrected chi connectivity index (χ4v) is 6.20. The number of hydrogen-bond donors (Lipinski definition) is 0. The molecule has 0 N–H and O–H groups in total. The Labute approximate surface area is 139 Å². The molecule has 1 aliphatic heterocycles. The van der Waals surface area contributed by atoms with E-state index in [4.69, 9.17) is 9.47 Å². The molecular weight excluding hydrogens is 284 g/mol. The van der Waals surface area contributed by atoms with Crippen LogP contribution in [0.15, 0.2) is 24.3 Å². The summed E-state index contributed by atoms with van der Waals surface area (Å²) in [6, 6.07) is 8.79. The smallest absolute Gasteiger partial charge is 0.122 e. The number of benzene rings is 1. The second-order valence-electron chi connectivity index (χ2n) is 9.21. The van der Waals surface area contributed by atoms with Crippen molar-refractivity contribution in [2.75, 3.05) is 13.2 Å². The fraction of sp³-hybridized carbons (Fsp3) is 0.714. The van der Waals surface area contributed by atoms with Gasteiger partial charge in [0.1, 0.15) is 18.5 Å². The maximum Gasteiger partial charge on any atom is 0.122 e. The summed E-state index contributed by atoms with van der Waals surface area (Å²) in [5.41, 5.74) is 2.05. The molecule has 0 radical (unpaired) electrons. The maximum absolute atomic E-state index is 6.11. The van der Waals surface area contributed by atoms with Gasteiger partial charge in [0.2, 0.25) is 0 Å². The molecule has 4 fully saturated rings. The third-order valence-electron chi connectivity index (χ3n) is 7.08. The Kier molecular flexibility index (Phi) is 3.11. The van der Waals surface area contributed by atoms with Crippen LogP contribution in [-0.4, -0.2) is 19.3 Å². The van der Waals surface area contributed by atoms with Gasteiger partial charge in [-0.1, -0.05) is 32.0 Å². The molecule has 6 unspecified atom stereocenters. The molecule has 3 saturated carbocycles. The molecule has 1 aromatic rings. The highest BCUT2D eigenvalue weighted by Crippen LogP contribution is 2.67. The molecule has 4 aliphatic rings. The molecule has 6 atom stereocenters. The highest BCUT2D eigenvalue weighted by atomic mass is 16.6. The van der Waals surface area contributed by atoms with Gasteiger partial charge in [-0.3, -0.25) is 0 Å². The van der Waals surface area contributed by atoms with E-state index in [9.17, 15) is 0 Å². The van der Waals surface area contributed by atoms with Gasteiger partial charge in [0.05, 0.1) is 6.61 Å². The summed E-state index contributed by atoms with van der Waals surface area (Å²) < 4.78 is 11.4. The van der Waals surface area contributed by atoms with Gasteiger partial charge in [-0.05, 0) is 72.3 Å². The first-order valence-electron chi connectivity index (χ1n) is 9.44. The van der Waals surface area contributed by atoms with Gasteiger partial charge in [-0.15, -0.1) is 0 Å². The van der Waals surface area contributed by atoms with Gasteiger partial charge in [0.15, 0.2) is 0 Å². The number of ether oxygens (including phenoxy) is 2. The van der Waals surface area contributed by atoms with Crippen LogP contribution >= 0.6 is 0 Å². The van der Waals surface area contributed by atoms with Crippen LogP contribution in [0.5, 0.6) is 5.75 Å². The van der Waals surface area contributed by atoms with E-state index < -0.39 is 0 Å². The molecule has 23 heavy (non-hydrogen) atoms. The van der Waals surface area contributed by atoms with E-state index in [1.54, 1.807) is 0 Å². The van der Waals surface area contributed by atoms with Crippen molar-refractivity contribution < 1.29 is 9.47 Å². The summed E-state index contributed by atoms with van der Waals surface area (Å²) >= 11 is 0. The molecule has 1 saturated heterocycles. The third kappa shape index (κ3) is 2.41. The van der Waals surface area contributed by atoms with Crippen LogP contribution in [0.25, 0.3) is 0 Å². The monoisotopic (exact) mass is 312 g/mol. The van der Waals surface area contributed by atoms with E-state index in [1.807, 2.05) is 0 Å². The summed E-state index contributed by atoms with van der Waals surface area (Å²) in [4.78, 5) is 0. The van der Waals surface area contributed by atoms with Gasteiger partial charge in [0, 0.05) is 0 Å². The molecular formula is C21H28O2. The summed E-state index contributed by atoms with van der Waals surface area (Å²) in [6.45, 7) is 6.55. The van der Waals surface area contributed by atoms with Crippen molar-refractivity contribution in [3.8, 4) is 5.75 Å². The lowest BCUT2D eigenvalue weighted by Gasteiger charge is -2.32. The van der Waals surface area contributed by atoms with E-state index in [-0.39, 0.29) is 0 Å². The van der Waals surface area contributed by atoms with Gasteiger partial charge >= 0.3 is 0 Å². The molecule has 2 heteroatoms. The number of hydrogen-bond acceptors (Lipinski definition) is 2. The minimum Gasteiger partial charge on any atom is -0.490 e. The molecule has 124 valence electrons. The van der Waals surface area contributed by atoms with Crippen molar-refractivity contribution >= 4 is 0 Å². The Morgan fingerprint density at radius 1 is 1.09 bits per heavy atom. The van der Waals surface area contributed by atoms with Gasteiger partial charge in [-0.2, -0.15) is 0 Å². The summed E-state index contributed by atoms with van der Waals surface area (Å²) in [7, 11) is 0. The third-order valence-corrected chi connectivity index (χ3v) is 7.08. The standard InChI is InChI=1S/C21H28O2/c1-21(2)9-18-13-7-16(17(8-13)19(18)10-21)15-5-3-4-6-20(15)23-12-14-11-22-14/h3-6,13-14,16-19H,7-12H2,1-2H3. The Bertz CT molecular complexity index is 604. The van der Waals surface area contributed by atoms with Crippen LogP contribution in [0.3, 0.4) is 0 Å². The van der Waals surface area contributed by atoms with Crippen LogP contribution in [0.1, 0.15) is 51.0 Å². The van der Waals surface area contributed by atoms with Gasteiger partial charge < -0.3 is 9.47 Å². The van der Waals surface area contributed by atoms with Crippen LogP contribution in [0.2, 0.25) is 0 Å². The highest BCUT2D eigenvalue weighted by Gasteiger charge is 2.57. The van der Waals surface area contributed by atoms with Gasteiger partial charge in [-0.25, -0.2) is 0 Å². The molecule has 2 nitrogen and oxygen atoms in total. The summed E-state index contributed by atoms with van der Waals surface area (Å²) in [6.07, 6.45) is 6.10. The fourth-order valence-electron chi connectivity index (χ4n) is 6.20. The lowest BCUT2D eigenvalue weighted by molar-refractivity contribution is 0.222. The zero-order valence-corrected chi connectivity index (χ0v) is 14.3. The Morgan fingerprint density at radius 2 is 1.87 bits per heavy atom. The van der Waals surface area contributed by atoms with Crippen molar-refractivity contribution in [3.63, 3.8) is 0 Å². The SMILES string of the molecule is CC1(C)CC2C3CC(c4ccccc4OCC4CO4)C(C3)C2C1. The summed E-state index contributed by atoms with van der Waals surface area (Å²) in [5.74, 6) is 5.69. The van der Waals surface area contributed by atoms with Crippen molar-refractivity contribution in [2.45, 2.75) is 51.6 Å². The van der Waals surface area contributed by atoms with E-state index >= 15 is 0 Å². The average Bonchev–Trinajstić information content (AvgIpc) is 3.04. The molecule has 1 aromatic carbocycles. The summed E-state index contributed by atoms with van der Waals surface area (Å²) in [5, 5.41) is 0. The minimum absolute atomic E-state index is 0.336. The number of para-hydroxylation sites is 1. The molecule has 5 rings (SSSR count). The topological polar surface area (TPSA) is 21.8 Å². The highest BCUT2D eigenvalue weighted by molar-refractivity contribution is 5.38. The Balaban J connectivity index is 1.39. The quantitative estimate of drug-likeness (QED) is 0.755. The first-order valence-corrected chi connectivity index (χ1v) is 9.44. The molecule has 3 aliphatic carbocycles. The Morgan fingerprint density at radius 3 is 2.70 bits per heavy atom. The largest absolute Gasteiger partial charge is 0.490 e. The first kappa shape index (κ1) is 14.3. The molecule has 0 aromatic heterocycles. The van der Waals surface area contributed by atoms with Crippen molar-refractivity contribution in [2.24, 2.45) is 29.1 Å². The average molecular weight is 312 g/mol. The van der Waals surface area contributed by atoms with E-state index in [0.717, 1.165) is 48.6 Å². The van der Waals surface area contributed by atoms with Crippen molar-refractivity contribution in [1.82, 2.24) is 0 Å². The second kappa shape index (κ2) is 4.99. The van der Waals surface area contributed by atoms with Crippen LogP contribution in [-0.2, 0) is 4.74 Å². The van der Waals surface area contributed by atoms with E-state index in [1.165, 1.54) is 31.2 Å². The second-order valence-corrected chi connectivity index (χ2v) is 9.21. The number of rotatable bonds is 4. The molecule has 2 bridgehead atoms. The van der Waals surface area contributed by atoms with Crippen molar-refractivity contribution in [1.29, 1.82) is 0 Å². The molecule has 0 spiro atoms. The number of fused-ring (bicyclic) bond motifs is 5. The zero-order valence-electron chi connectivity index (χ0n) is 14.3. The zero-order chi connectivity index (χ0) is 15.6. The van der Waals surface area contributed by atoms with Crippen molar-refractivity contribution in [3.05, 3.63) is 29.8 Å². The van der Waals surface area contributed by atoms with Gasteiger partial charge in [0.25, 0.3) is 0 Å². The van der Waals surface area contributed by atoms with E-state index in [2.05, 4.69) is 38.1 Å². The minimum atomic E-state index is 0.336. The van der Waals surface area contributed by atoms with Crippen LogP contribution < -0.4 is 4.74 Å². The van der Waals surface area contributed by atoms with Crippen LogP contribution in [0.4, 0.5) is 0 Å². The Hall–Kier alpha value is -1.02. The predicted molar refractivity (Wildman–Crippen MR) is 90.6 cm³/mol. The van der Waals surface area contributed by atoms with Crippen LogP contribution in [0, 0.1) is 29.1 Å². The maximum atomic E-state index is 6.11. The molecule has 0 amide bonds. The lowest BCUT2D eigenvalue weighted by atomic mass is 9.73. The molecule has 1 heterocycles. The first-order chi connectivity index (χ1) is 11.1. The predicted octanol–water partition coefficient (Wildman–Crippen LogP) is 4.64. The lowest BCUT2D eigenvalue weighted by Crippen LogP contribution is -2.23. The normalized spacial score (nSPS) is 42.7. The van der Waals surface area contributed by atoms with E-state index in [0.29, 0.717) is 11.5 Å². The number of epoxide rings is 1.